The van der Waals surface area contributed by atoms with Crippen LogP contribution in [-0.4, -0.2) is 10.1 Å². The number of fused-ring (bicyclic) bond motifs is 1. The van der Waals surface area contributed by atoms with E-state index in [0.717, 1.165) is 27.9 Å². The molecular weight excluding hydrogens is 417 g/mol. The fraction of sp³-hybridized carbons (Fsp3) is 0.0588. The first-order valence-electron chi connectivity index (χ1n) is 6.87. The average molecular weight is 425 g/mol. The molecule has 0 amide bonds. The van der Waals surface area contributed by atoms with E-state index >= 15 is 0 Å². The van der Waals surface area contributed by atoms with E-state index in [1.54, 1.807) is 24.3 Å². The molecule has 2 aromatic carbocycles. The van der Waals surface area contributed by atoms with Crippen molar-refractivity contribution < 1.29 is 18.3 Å². The number of thiazole rings is 1. The van der Waals surface area contributed by atoms with E-state index < -0.39 is 11.7 Å². The van der Waals surface area contributed by atoms with Gasteiger partial charge in [0.25, 0.3) is 0 Å². The molecule has 1 N–H and O–H groups in total. The molecule has 0 aliphatic carbocycles. The number of hydrogen-bond donors (Lipinski definition) is 1. The second kappa shape index (κ2) is 6.50. The Kier molecular flexibility index (Phi) is 4.54. The minimum absolute atomic E-state index is 0.0860. The van der Waals surface area contributed by atoms with Crippen LogP contribution in [0.15, 0.2) is 46.9 Å². The fourth-order valence-electron chi connectivity index (χ4n) is 2.16. The number of hydrogen-bond acceptors (Lipinski definition) is 4. The van der Waals surface area contributed by atoms with E-state index in [-0.39, 0.29) is 21.9 Å². The molecule has 0 saturated heterocycles. The van der Waals surface area contributed by atoms with Gasteiger partial charge < -0.3 is 5.11 Å². The molecule has 0 radical (unpaired) electrons. The van der Waals surface area contributed by atoms with E-state index in [0.29, 0.717) is 10.3 Å². The maximum absolute atomic E-state index is 12.8. The smallest absolute Gasteiger partial charge is 0.416 e. The molecule has 0 saturated carbocycles. The van der Waals surface area contributed by atoms with Crippen LogP contribution in [0.5, 0.6) is 0 Å². The van der Waals surface area contributed by atoms with Crippen molar-refractivity contribution in [1.29, 1.82) is 5.26 Å². The minimum Gasteiger partial charge on any atom is -0.506 e. The summed E-state index contributed by atoms with van der Waals surface area (Å²) in [6, 6.07) is 11.7. The fourth-order valence-corrected chi connectivity index (χ4v) is 3.37. The number of rotatable bonds is 2. The Morgan fingerprint density at radius 3 is 2.44 bits per heavy atom. The molecule has 0 spiro atoms. The van der Waals surface area contributed by atoms with Gasteiger partial charge in [-0.25, -0.2) is 4.98 Å². The maximum atomic E-state index is 12.8. The molecule has 126 valence electrons. The Labute approximate surface area is 152 Å². The number of aliphatic hydroxyl groups is 1. The number of nitriles is 1. The van der Waals surface area contributed by atoms with E-state index in [2.05, 4.69) is 20.9 Å². The minimum atomic E-state index is -4.47. The molecule has 0 unspecified atom stereocenters. The lowest BCUT2D eigenvalue weighted by molar-refractivity contribution is -0.137. The zero-order valence-corrected chi connectivity index (χ0v) is 14.7. The molecule has 3 rings (SSSR count). The zero-order valence-electron chi connectivity index (χ0n) is 12.3. The number of aliphatic hydroxyl groups excluding tert-OH is 1. The lowest BCUT2D eigenvalue weighted by Gasteiger charge is -2.04. The molecule has 1 heterocycles. The quantitative estimate of drug-likeness (QED) is 0.403. The molecule has 25 heavy (non-hydrogen) atoms. The summed E-state index contributed by atoms with van der Waals surface area (Å²) in [5.74, 6) is -0.273. The molecule has 1 aromatic heterocycles. The highest BCUT2D eigenvalue weighted by molar-refractivity contribution is 9.10. The van der Waals surface area contributed by atoms with Crippen LogP contribution in [0, 0.1) is 11.3 Å². The van der Waals surface area contributed by atoms with Crippen LogP contribution in [0.25, 0.3) is 21.5 Å². The summed E-state index contributed by atoms with van der Waals surface area (Å²) in [5.41, 5.74) is -0.352. The molecule has 3 nitrogen and oxygen atoms in total. The van der Waals surface area contributed by atoms with Gasteiger partial charge in [-0.3, -0.25) is 0 Å². The predicted molar refractivity (Wildman–Crippen MR) is 93.8 cm³/mol. The van der Waals surface area contributed by atoms with Crippen molar-refractivity contribution in [3.63, 3.8) is 0 Å². The van der Waals surface area contributed by atoms with Gasteiger partial charge in [0.05, 0.1) is 15.8 Å². The summed E-state index contributed by atoms with van der Waals surface area (Å²) >= 11 is 4.32. The lowest BCUT2D eigenvalue weighted by atomic mass is 10.1. The van der Waals surface area contributed by atoms with E-state index in [1.807, 2.05) is 6.07 Å². The monoisotopic (exact) mass is 424 g/mol. The van der Waals surface area contributed by atoms with Crippen molar-refractivity contribution in [2.24, 2.45) is 0 Å². The van der Waals surface area contributed by atoms with E-state index in [4.69, 9.17) is 0 Å². The number of aromatic nitrogens is 1. The highest BCUT2D eigenvalue weighted by atomic mass is 79.9. The van der Waals surface area contributed by atoms with Crippen molar-refractivity contribution in [2.75, 3.05) is 0 Å². The molecular formula is C17H8BrF3N2OS. The Hall–Kier alpha value is -2.37. The highest BCUT2D eigenvalue weighted by Gasteiger charge is 2.31. The molecule has 0 aliphatic heterocycles. The number of halogens is 4. The summed E-state index contributed by atoms with van der Waals surface area (Å²) in [7, 11) is 0. The number of allylic oxidation sites excluding steroid dienone is 1. The Balaban J connectivity index is 2.11. The maximum Gasteiger partial charge on any atom is 0.416 e. The largest absolute Gasteiger partial charge is 0.506 e. The standard InChI is InChI=1S/C17H8BrF3N2OS/c18-11-4-1-9(2-5-11)15(24)12(8-22)16-23-13-7-10(17(19,20)21)3-6-14(13)25-16/h1-7,24H/b15-12-. The van der Waals surface area contributed by atoms with Crippen molar-refractivity contribution >= 4 is 48.8 Å². The van der Waals surface area contributed by atoms with Crippen LogP contribution in [0.1, 0.15) is 16.1 Å². The molecule has 0 aliphatic rings. The molecule has 0 bridgehead atoms. The van der Waals surface area contributed by atoms with Crippen molar-refractivity contribution in [3.8, 4) is 6.07 Å². The van der Waals surface area contributed by atoms with E-state index in [1.165, 1.54) is 6.07 Å². The van der Waals surface area contributed by atoms with Crippen LogP contribution in [0.3, 0.4) is 0 Å². The van der Waals surface area contributed by atoms with E-state index in [9.17, 15) is 23.5 Å². The first kappa shape index (κ1) is 17.5. The third-order valence-electron chi connectivity index (χ3n) is 3.40. The molecule has 8 heteroatoms. The first-order valence-corrected chi connectivity index (χ1v) is 8.48. The van der Waals surface area contributed by atoms with Gasteiger partial charge in [0.1, 0.15) is 22.4 Å². The van der Waals surface area contributed by atoms with Crippen molar-refractivity contribution in [2.45, 2.75) is 6.18 Å². The third kappa shape index (κ3) is 3.52. The van der Waals surface area contributed by atoms with Gasteiger partial charge in [-0.2, -0.15) is 18.4 Å². The number of benzene rings is 2. The molecule has 3 aromatic rings. The Bertz CT molecular complexity index is 1020. The van der Waals surface area contributed by atoms with Crippen LogP contribution >= 0.6 is 27.3 Å². The summed E-state index contributed by atoms with van der Waals surface area (Å²) in [6.07, 6.45) is -4.47. The average Bonchev–Trinajstić information content (AvgIpc) is 2.98. The van der Waals surface area contributed by atoms with Gasteiger partial charge in [-0.05, 0) is 30.3 Å². The Morgan fingerprint density at radius 2 is 1.84 bits per heavy atom. The summed E-state index contributed by atoms with van der Waals surface area (Å²) in [5, 5.41) is 19.9. The second-order valence-corrected chi connectivity index (χ2v) is 6.99. The van der Waals surface area contributed by atoms with Crippen LogP contribution < -0.4 is 0 Å². The summed E-state index contributed by atoms with van der Waals surface area (Å²) in [6.45, 7) is 0. The summed E-state index contributed by atoms with van der Waals surface area (Å²) in [4.78, 5) is 4.09. The van der Waals surface area contributed by atoms with Crippen molar-refractivity contribution in [1.82, 2.24) is 4.98 Å². The van der Waals surface area contributed by atoms with Crippen molar-refractivity contribution in [3.05, 3.63) is 63.1 Å². The zero-order chi connectivity index (χ0) is 18.2. The number of alkyl halides is 3. The normalized spacial score (nSPS) is 12.8. The van der Waals surface area contributed by atoms with Gasteiger partial charge in [0.15, 0.2) is 0 Å². The second-order valence-electron chi connectivity index (χ2n) is 5.04. The van der Waals surface area contributed by atoms with Gasteiger partial charge in [-0.15, -0.1) is 11.3 Å². The lowest BCUT2D eigenvalue weighted by Crippen LogP contribution is -2.03. The van der Waals surface area contributed by atoms with Crippen LogP contribution in [0.4, 0.5) is 13.2 Å². The molecule has 0 fully saturated rings. The highest BCUT2D eigenvalue weighted by Crippen LogP contribution is 2.35. The van der Waals surface area contributed by atoms with Gasteiger partial charge in [-0.1, -0.05) is 28.1 Å². The first-order chi connectivity index (χ1) is 11.8. The summed E-state index contributed by atoms with van der Waals surface area (Å²) < 4.78 is 39.7. The number of nitrogens with zero attached hydrogens (tertiary/aromatic N) is 2. The molecule has 0 atom stereocenters. The SMILES string of the molecule is N#C/C(=C(/O)c1ccc(Br)cc1)c1nc2cc(C(F)(F)F)ccc2s1. The van der Waals surface area contributed by atoms with Crippen LogP contribution in [0.2, 0.25) is 0 Å². The Morgan fingerprint density at radius 1 is 1.16 bits per heavy atom. The van der Waals surface area contributed by atoms with Gasteiger partial charge >= 0.3 is 6.18 Å². The van der Waals surface area contributed by atoms with Gasteiger partial charge in [0.2, 0.25) is 0 Å². The van der Waals surface area contributed by atoms with Crippen LogP contribution in [-0.2, 0) is 6.18 Å². The predicted octanol–water partition coefficient (Wildman–Crippen LogP) is 6.03. The van der Waals surface area contributed by atoms with Gasteiger partial charge in [0, 0.05) is 10.0 Å². The third-order valence-corrected chi connectivity index (χ3v) is 4.98. The topological polar surface area (TPSA) is 56.9 Å².